The van der Waals surface area contributed by atoms with Gasteiger partial charge < -0.3 is 0 Å². The van der Waals surface area contributed by atoms with E-state index >= 15 is 0 Å². The number of nitrogens with zero attached hydrogens (tertiary/aromatic N) is 5. The van der Waals surface area contributed by atoms with Gasteiger partial charge in [-0.1, -0.05) is 20.8 Å². The predicted octanol–water partition coefficient (Wildman–Crippen LogP) is 3.43. The Kier molecular flexibility index (Phi) is 5.40. The molecule has 32 heavy (non-hydrogen) atoms. The molecule has 0 spiro atoms. The lowest BCUT2D eigenvalue weighted by atomic mass is 9.72. The second-order valence-corrected chi connectivity index (χ2v) is 10.3. The molecule has 0 radical (unpaired) electrons. The fourth-order valence-corrected chi connectivity index (χ4v) is 5.56. The average molecular weight is 459 g/mol. The molecule has 11 heteroatoms. The molecule has 0 saturated carbocycles. The van der Waals surface area contributed by atoms with Crippen LogP contribution in [0.1, 0.15) is 60.9 Å². The summed E-state index contributed by atoms with van der Waals surface area (Å²) < 4.78 is 2.38. The standard InChI is InChI=1S/C21H26N6O4S/c1-6-25-10-14(27(30)31)17(23-25)18(28)24-26-11(2)22-19-16(20(26)29)13-8-7-12(21(3,4)5)9-15(13)32-19/h10,12H,6-9H2,1-5H3,(H,24,28)/t12-/m0/s1. The first-order valence-electron chi connectivity index (χ1n) is 10.6. The van der Waals surface area contributed by atoms with E-state index in [1.807, 2.05) is 0 Å². The number of aromatic nitrogens is 4. The van der Waals surface area contributed by atoms with Crippen molar-refractivity contribution in [1.29, 1.82) is 0 Å². The summed E-state index contributed by atoms with van der Waals surface area (Å²) in [6, 6.07) is 0. The second kappa shape index (κ2) is 7.80. The van der Waals surface area contributed by atoms with Gasteiger partial charge in [0.1, 0.15) is 16.9 Å². The minimum Gasteiger partial charge on any atom is -0.267 e. The molecule has 3 aromatic heterocycles. The van der Waals surface area contributed by atoms with Gasteiger partial charge in [-0.2, -0.15) is 5.10 Å². The van der Waals surface area contributed by atoms with Gasteiger partial charge in [0, 0.05) is 11.4 Å². The minimum absolute atomic E-state index is 0.183. The SMILES string of the molecule is CCn1cc([N+](=O)[O-])c(C(=O)Nn2c(C)nc3sc4c(c3c2=O)CC[C@H](C(C)(C)C)C4)n1. The topological polar surface area (TPSA) is 125 Å². The smallest absolute Gasteiger partial charge is 0.267 e. The van der Waals surface area contributed by atoms with Crippen LogP contribution in [0.3, 0.4) is 0 Å². The third-order valence-corrected chi connectivity index (χ3v) is 7.32. The van der Waals surface area contributed by atoms with Crippen LogP contribution in [0.5, 0.6) is 0 Å². The maximum atomic E-state index is 13.4. The van der Waals surface area contributed by atoms with E-state index in [1.165, 1.54) is 15.8 Å². The Bertz CT molecular complexity index is 1300. The molecule has 0 unspecified atom stereocenters. The van der Waals surface area contributed by atoms with Gasteiger partial charge in [-0.05, 0) is 50.0 Å². The summed E-state index contributed by atoms with van der Waals surface area (Å²) in [6.07, 6.45) is 3.89. The van der Waals surface area contributed by atoms with Gasteiger partial charge in [0.2, 0.25) is 5.69 Å². The molecule has 170 valence electrons. The molecule has 1 aliphatic carbocycles. The molecule has 1 N–H and O–H groups in total. The molecule has 1 amide bonds. The summed E-state index contributed by atoms with van der Waals surface area (Å²) in [6.45, 7) is 10.5. The van der Waals surface area contributed by atoms with E-state index in [4.69, 9.17) is 0 Å². The molecule has 10 nitrogen and oxygen atoms in total. The van der Waals surface area contributed by atoms with Gasteiger partial charge in [-0.3, -0.25) is 29.8 Å². The summed E-state index contributed by atoms with van der Waals surface area (Å²) >= 11 is 1.54. The van der Waals surface area contributed by atoms with Crippen LogP contribution in [0.25, 0.3) is 10.2 Å². The van der Waals surface area contributed by atoms with Crippen LogP contribution < -0.4 is 11.0 Å². The molecular weight excluding hydrogens is 432 g/mol. The van der Waals surface area contributed by atoms with Crippen LogP contribution in [-0.4, -0.2) is 30.3 Å². The van der Waals surface area contributed by atoms with Crippen molar-refractivity contribution in [2.24, 2.45) is 11.3 Å². The molecule has 0 aromatic carbocycles. The van der Waals surface area contributed by atoms with E-state index in [0.717, 1.165) is 29.5 Å². The Hall–Kier alpha value is -3.08. The number of nitro groups is 1. The van der Waals surface area contributed by atoms with Crippen molar-refractivity contribution in [3.8, 4) is 0 Å². The van der Waals surface area contributed by atoms with E-state index in [2.05, 4.69) is 36.3 Å². The van der Waals surface area contributed by atoms with Crippen molar-refractivity contribution in [2.75, 3.05) is 5.43 Å². The van der Waals surface area contributed by atoms with E-state index in [0.29, 0.717) is 28.5 Å². The number of hydrogen-bond donors (Lipinski definition) is 1. The van der Waals surface area contributed by atoms with Crippen molar-refractivity contribution in [3.63, 3.8) is 0 Å². The number of rotatable bonds is 4. The Balaban J connectivity index is 1.74. The van der Waals surface area contributed by atoms with E-state index in [9.17, 15) is 19.7 Å². The van der Waals surface area contributed by atoms with Gasteiger partial charge in [0.25, 0.3) is 11.5 Å². The van der Waals surface area contributed by atoms with E-state index in [-0.39, 0.29) is 16.7 Å². The van der Waals surface area contributed by atoms with Gasteiger partial charge in [0.05, 0.1) is 10.3 Å². The zero-order valence-electron chi connectivity index (χ0n) is 18.8. The summed E-state index contributed by atoms with van der Waals surface area (Å²) in [5, 5.41) is 15.8. The zero-order chi connectivity index (χ0) is 23.4. The first kappa shape index (κ1) is 22.1. The van der Waals surface area contributed by atoms with Gasteiger partial charge in [-0.25, -0.2) is 9.66 Å². The van der Waals surface area contributed by atoms with Gasteiger partial charge in [0.15, 0.2) is 0 Å². The molecule has 3 aromatic rings. The fraction of sp³-hybridized carbons (Fsp3) is 0.524. The first-order chi connectivity index (χ1) is 15.0. The number of carbonyl (C=O) groups is 1. The summed E-state index contributed by atoms with van der Waals surface area (Å²) in [5.41, 5.74) is 2.54. The van der Waals surface area contributed by atoms with Crippen LogP contribution >= 0.6 is 11.3 Å². The number of carbonyl (C=O) groups excluding carboxylic acids is 1. The number of fused-ring (bicyclic) bond motifs is 3. The maximum absolute atomic E-state index is 13.4. The lowest BCUT2D eigenvalue weighted by Crippen LogP contribution is -2.36. The average Bonchev–Trinajstić information content (AvgIpc) is 3.31. The molecule has 4 rings (SSSR count). The van der Waals surface area contributed by atoms with Crippen LogP contribution in [0.15, 0.2) is 11.0 Å². The lowest BCUT2D eigenvalue weighted by Gasteiger charge is -2.33. The van der Waals surface area contributed by atoms with Crippen LogP contribution in [0.4, 0.5) is 5.69 Å². The number of thiophene rings is 1. The zero-order valence-corrected chi connectivity index (χ0v) is 19.6. The second-order valence-electron chi connectivity index (χ2n) is 9.21. The van der Waals surface area contributed by atoms with Crippen LogP contribution in [0, 0.1) is 28.4 Å². The summed E-state index contributed by atoms with van der Waals surface area (Å²) in [4.78, 5) is 43.3. The Morgan fingerprint density at radius 1 is 1.41 bits per heavy atom. The monoisotopic (exact) mass is 458 g/mol. The highest BCUT2D eigenvalue weighted by Gasteiger charge is 2.32. The van der Waals surface area contributed by atoms with Gasteiger partial charge >= 0.3 is 5.69 Å². The molecule has 1 aliphatic rings. The van der Waals surface area contributed by atoms with Crippen molar-refractivity contribution >= 4 is 33.1 Å². The minimum atomic E-state index is -0.827. The Labute approximate surface area is 188 Å². The van der Waals surface area contributed by atoms with Crippen molar-refractivity contribution in [3.05, 3.63) is 48.6 Å². The van der Waals surface area contributed by atoms with Gasteiger partial charge in [-0.15, -0.1) is 11.3 Å². The molecular formula is C21H26N6O4S. The molecule has 0 fully saturated rings. The largest absolute Gasteiger partial charge is 0.320 e. The highest BCUT2D eigenvalue weighted by molar-refractivity contribution is 7.18. The molecule has 3 heterocycles. The predicted molar refractivity (Wildman–Crippen MR) is 122 cm³/mol. The quantitative estimate of drug-likeness (QED) is 0.472. The first-order valence-corrected chi connectivity index (χ1v) is 11.4. The lowest BCUT2D eigenvalue weighted by molar-refractivity contribution is -0.385. The highest BCUT2D eigenvalue weighted by Crippen LogP contribution is 2.42. The Morgan fingerprint density at radius 3 is 2.75 bits per heavy atom. The summed E-state index contributed by atoms with van der Waals surface area (Å²) in [5.74, 6) is 0.00635. The molecule has 0 bridgehead atoms. The molecule has 0 saturated heterocycles. The van der Waals surface area contributed by atoms with E-state index in [1.54, 1.807) is 25.2 Å². The van der Waals surface area contributed by atoms with Crippen molar-refractivity contribution < 1.29 is 9.72 Å². The van der Waals surface area contributed by atoms with E-state index < -0.39 is 16.5 Å². The van der Waals surface area contributed by atoms with Crippen molar-refractivity contribution in [2.45, 2.75) is 60.4 Å². The normalized spacial score (nSPS) is 16.2. The number of hydrogen-bond acceptors (Lipinski definition) is 7. The van der Waals surface area contributed by atoms with Crippen molar-refractivity contribution in [1.82, 2.24) is 19.4 Å². The number of nitrogens with one attached hydrogen (secondary N) is 1. The highest BCUT2D eigenvalue weighted by atomic mass is 32.1. The number of aryl methyl sites for hydroxylation is 3. The molecule has 1 atom stereocenters. The number of amides is 1. The van der Waals surface area contributed by atoms with Crippen LogP contribution in [-0.2, 0) is 19.4 Å². The third-order valence-electron chi connectivity index (χ3n) is 6.17. The van der Waals surface area contributed by atoms with Crippen LogP contribution in [0.2, 0.25) is 0 Å². The Morgan fingerprint density at radius 2 is 2.12 bits per heavy atom. The third kappa shape index (κ3) is 3.70. The maximum Gasteiger partial charge on any atom is 0.320 e. The molecule has 0 aliphatic heterocycles. The fourth-order valence-electron chi connectivity index (χ4n) is 4.22. The summed E-state index contributed by atoms with van der Waals surface area (Å²) in [7, 11) is 0.